The van der Waals surface area contributed by atoms with Gasteiger partial charge in [-0.1, -0.05) is 73.0 Å². The highest BCUT2D eigenvalue weighted by atomic mass is 127. The van der Waals surface area contributed by atoms with E-state index in [-0.39, 0.29) is 17.9 Å². The topological polar surface area (TPSA) is 45.3 Å². The van der Waals surface area contributed by atoms with E-state index in [2.05, 4.69) is 94.0 Å². The average Bonchev–Trinajstić information content (AvgIpc) is 3.56. The highest BCUT2D eigenvalue weighted by Gasteiger charge is 2.41. The Morgan fingerprint density at radius 1 is 0.973 bits per heavy atom. The number of aromatic nitrogens is 1. The molecule has 1 aliphatic carbocycles. The fourth-order valence-corrected chi connectivity index (χ4v) is 7.21. The quantitative estimate of drug-likeness (QED) is 0.234. The number of benzene rings is 3. The summed E-state index contributed by atoms with van der Waals surface area (Å²) in [6.07, 6.45) is 4.39. The molecule has 2 heterocycles. The van der Waals surface area contributed by atoms with Gasteiger partial charge in [0, 0.05) is 32.0 Å². The smallest absolute Gasteiger partial charge is 0.275 e. The van der Waals surface area contributed by atoms with Crippen molar-refractivity contribution in [2.45, 2.75) is 51.5 Å². The van der Waals surface area contributed by atoms with Crippen molar-refractivity contribution in [2.75, 3.05) is 6.61 Å². The number of nitrogens with one attached hydrogen (secondary N) is 1. The van der Waals surface area contributed by atoms with Gasteiger partial charge in [-0.3, -0.25) is 4.79 Å². The van der Waals surface area contributed by atoms with Crippen molar-refractivity contribution < 1.29 is 9.53 Å². The summed E-state index contributed by atoms with van der Waals surface area (Å²) in [7, 11) is 0. The number of carbonyl (C=O) groups is 1. The fraction of sp³-hybridized carbons (Fsp3) is 0.281. The Bertz CT molecular complexity index is 1480. The van der Waals surface area contributed by atoms with Crippen LogP contribution in [-0.4, -0.2) is 28.4 Å². The van der Waals surface area contributed by atoms with Crippen LogP contribution >= 0.6 is 22.6 Å². The highest BCUT2D eigenvalue weighted by Crippen LogP contribution is 2.49. The van der Waals surface area contributed by atoms with Gasteiger partial charge >= 0.3 is 0 Å². The number of halogens is 1. The molecule has 1 unspecified atom stereocenters. The van der Waals surface area contributed by atoms with Gasteiger partial charge in [-0.2, -0.15) is 0 Å². The zero-order valence-corrected chi connectivity index (χ0v) is 23.4. The molecule has 1 aliphatic heterocycles. The van der Waals surface area contributed by atoms with Gasteiger partial charge in [-0.05, 0) is 78.6 Å². The predicted molar refractivity (Wildman–Crippen MR) is 158 cm³/mol. The number of hydrogen-bond donors (Lipinski definition) is 1. The molecule has 0 bridgehead atoms. The van der Waals surface area contributed by atoms with Crippen molar-refractivity contribution in [3.8, 4) is 5.75 Å². The van der Waals surface area contributed by atoms with E-state index < -0.39 is 0 Å². The second kappa shape index (κ2) is 10.0. The van der Waals surface area contributed by atoms with Crippen LogP contribution in [0.1, 0.15) is 71.3 Å². The lowest BCUT2D eigenvalue weighted by Crippen LogP contribution is -2.37. The number of allylic oxidation sites excluding steroid dienone is 1. The molecule has 0 radical (unpaired) electrons. The number of nitrogens with zero attached hydrogens (tertiary/aromatic N) is 1. The van der Waals surface area contributed by atoms with Gasteiger partial charge in [-0.25, -0.2) is 0 Å². The summed E-state index contributed by atoms with van der Waals surface area (Å²) in [4.78, 5) is 20.2. The van der Waals surface area contributed by atoms with E-state index in [0.717, 1.165) is 64.7 Å². The third kappa shape index (κ3) is 4.27. The molecule has 188 valence electrons. The first kappa shape index (κ1) is 24.3. The van der Waals surface area contributed by atoms with Crippen LogP contribution in [0.3, 0.4) is 0 Å². The SMILES string of the molecule is CCOc1ccc(C2C(I)=C(c3ccc(C)cc3)N(C3CCCC3)C(=O)c3[nH]c4ccccc4c32)cc1. The van der Waals surface area contributed by atoms with Crippen LogP contribution in [0.2, 0.25) is 0 Å². The van der Waals surface area contributed by atoms with Crippen molar-refractivity contribution >= 4 is 45.1 Å². The van der Waals surface area contributed by atoms with E-state index in [9.17, 15) is 4.79 Å². The Morgan fingerprint density at radius 2 is 1.68 bits per heavy atom. The maximum atomic E-state index is 14.5. The zero-order chi connectivity index (χ0) is 25.5. The molecule has 1 amide bonds. The second-order valence-corrected chi connectivity index (χ2v) is 11.2. The normalized spacial score (nSPS) is 18.4. The second-order valence-electron chi connectivity index (χ2n) is 10.1. The van der Waals surface area contributed by atoms with E-state index >= 15 is 0 Å². The summed E-state index contributed by atoms with van der Waals surface area (Å²) < 4.78 is 6.92. The van der Waals surface area contributed by atoms with Crippen LogP contribution in [-0.2, 0) is 0 Å². The minimum atomic E-state index is -0.0749. The van der Waals surface area contributed by atoms with Crippen molar-refractivity contribution in [3.63, 3.8) is 0 Å². The van der Waals surface area contributed by atoms with Crippen molar-refractivity contribution in [1.29, 1.82) is 0 Å². The van der Waals surface area contributed by atoms with Gasteiger partial charge in [0.25, 0.3) is 5.91 Å². The van der Waals surface area contributed by atoms with Gasteiger partial charge in [0.05, 0.1) is 12.3 Å². The molecule has 1 aromatic heterocycles. The van der Waals surface area contributed by atoms with Crippen LogP contribution in [0.25, 0.3) is 16.6 Å². The molecule has 1 saturated carbocycles. The van der Waals surface area contributed by atoms with Crippen LogP contribution in [0.15, 0.2) is 76.4 Å². The number of rotatable bonds is 5. The third-order valence-electron chi connectivity index (χ3n) is 7.73. The number of carbonyl (C=O) groups excluding carboxylic acids is 1. The number of para-hydroxylation sites is 1. The Balaban J connectivity index is 1.65. The van der Waals surface area contributed by atoms with Crippen molar-refractivity contribution in [1.82, 2.24) is 9.88 Å². The van der Waals surface area contributed by atoms with E-state index in [1.165, 1.54) is 9.14 Å². The lowest BCUT2D eigenvalue weighted by atomic mass is 9.88. The van der Waals surface area contributed by atoms with E-state index in [1.54, 1.807) is 0 Å². The van der Waals surface area contributed by atoms with E-state index in [1.807, 2.05) is 25.1 Å². The number of amides is 1. The molecular weight excluding hydrogens is 571 g/mol. The Kier molecular flexibility index (Phi) is 6.57. The third-order valence-corrected chi connectivity index (χ3v) is 8.86. The number of hydrogen-bond acceptors (Lipinski definition) is 2. The van der Waals surface area contributed by atoms with Gasteiger partial charge in [0.2, 0.25) is 0 Å². The minimum Gasteiger partial charge on any atom is -0.494 e. The fourth-order valence-electron chi connectivity index (χ4n) is 5.97. The molecule has 2 aliphatic rings. The lowest BCUT2D eigenvalue weighted by Gasteiger charge is -2.32. The Labute approximate surface area is 231 Å². The number of ether oxygens (including phenoxy) is 1. The number of aryl methyl sites for hydroxylation is 1. The van der Waals surface area contributed by atoms with Crippen LogP contribution < -0.4 is 4.74 Å². The number of fused-ring (bicyclic) bond motifs is 3. The molecule has 5 heteroatoms. The number of aromatic amines is 1. The van der Waals surface area contributed by atoms with Crippen LogP contribution in [0, 0.1) is 6.92 Å². The maximum absolute atomic E-state index is 14.5. The molecule has 1 atom stereocenters. The van der Waals surface area contributed by atoms with Crippen molar-refractivity contribution in [3.05, 3.63) is 104 Å². The van der Waals surface area contributed by atoms with E-state index in [4.69, 9.17) is 4.74 Å². The van der Waals surface area contributed by atoms with Crippen LogP contribution in [0.5, 0.6) is 5.75 Å². The predicted octanol–water partition coefficient (Wildman–Crippen LogP) is 8.21. The molecule has 3 aromatic carbocycles. The maximum Gasteiger partial charge on any atom is 0.275 e. The molecule has 1 N–H and O–H groups in total. The van der Waals surface area contributed by atoms with Crippen LogP contribution in [0.4, 0.5) is 0 Å². The molecule has 1 fully saturated rings. The summed E-state index contributed by atoms with van der Waals surface area (Å²) in [5.74, 6) is 0.866. The first-order chi connectivity index (χ1) is 18.1. The number of H-pyrrole nitrogens is 1. The lowest BCUT2D eigenvalue weighted by molar-refractivity contribution is 0.0784. The molecule has 0 spiro atoms. The standard InChI is InChI=1S/C32H31IN2O2/c1-3-37-24-18-16-21(17-19-24)27-28-25-10-6-7-11-26(25)34-30(28)32(36)35(23-8-4-5-9-23)31(29(27)33)22-14-12-20(2)13-15-22/h6-7,10-19,23,27,34H,3-5,8-9H2,1-2H3. The monoisotopic (exact) mass is 602 g/mol. The van der Waals surface area contributed by atoms with Gasteiger partial charge in [-0.15, -0.1) is 0 Å². The Morgan fingerprint density at radius 3 is 2.38 bits per heavy atom. The minimum absolute atomic E-state index is 0.0749. The largest absolute Gasteiger partial charge is 0.494 e. The van der Waals surface area contributed by atoms with Gasteiger partial charge in [0.15, 0.2) is 0 Å². The molecule has 6 rings (SSSR count). The summed E-state index contributed by atoms with van der Waals surface area (Å²) in [6, 6.07) is 25.5. The first-order valence-electron chi connectivity index (χ1n) is 13.2. The zero-order valence-electron chi connectivity index (χ0n) is 21.3. The molecule has 0 saturated heterocycles. The summed E-state index contributed by atoms with van der Waals surface area (Å²) >= 11 is 2.53. The molecule has 4 nitrogen and oxygen atoms in total. The van der Waals surface area contributed by atoms with E-state index in [0.29, 0.717) is 12.3 Å². The van der Waals surface area contributed by atoms with Gasteiger partial charge < -0.3 is 14.6 Å². The molecule has 4 aromatic rings. The van der Waals surface area contributed by atoms with Gasteiger partial charge in [0.1, 0.15) is 11.4 Å². The first-order valence-corrected chi connectivity index (χ1v) is 14.3. The van der Waals surface area contributed by atoms with Crippen molar-refractivity contribution in [2.24, 2.45) is 0 Å². The molecule has 37 heavy (non-hydrogen) atoms. The Hall–Kier alpha value is -3.06. The molecular formula is C32H31IN2O2. The summed E-state index contributed by atoms with van der Waals surface area (Å²) in [5.41, 5.74) is 7.30. The average molecular weight is 603 g/mol. The summed E-state index contributed by atoms with van der Waals surface area (Å²) in [5, 5.41) is 1.11. The highest BCUT2D eigenvalue weighted by molar-refractivity contribution is 14.1. The summed E-state index contributed by atoms with van der Waals surface area (Å²) in [6.45, 7) is 4.74.